The van der Waals surface area contributed by atoms with Crippen LogP contribution in [0.4, 0.5) is 13.2 Å². The Hall–Kier alpha value is -1.24. The highest BCUT2D eigenvalue weighted by atomic mass is 35.5. The summed E-state index contributed by atoms with van der Waals surface area (Å²) < 4.78 is 38.2. The molecule has 0 unspecified atom stereocenters. The van der Waals surface area contributed by atoms with Crippen LogP contribution >= 0.6 is 23.4 Å². The van der Waals surface area contributed by atoms with Crippen LogP contribution in [0.15, 0.2) is 46.5 Å². The fraction of sp³-hybridized carbons (Fsp3) is 0.154. The Balaban J connectivity index is 2.28. The summed E-state index contributed by atoms with van der Waals surface area (Å²) in [6, 6.07) is 7.25. The summed E-state index contributed by atoms with van der Waals surface area (Å²) in [5.41, 5.74) is 4.75. The number of hydrogen-bond donors (Lipinski definition) is 1. The molecule has 0 saturated carbocycles. The van der Waals surface area contributed by atoms with Crippen molar-refractivity contribution >= 4 is 23.4 Å². The standard InChI is InChI=1S/C13H10ClF3N2S/c14-9-1-4-12(19-7-9)20-10-2-3-11(13(15,16)17)8(5-10)6-18/h1-5,7H,6,18H2. The van der Waals surface area contributed by atoms with Crippen molar-refractivity contribution in [3.05, 3.63) is 52.7 Å². The van der Waals surface area contributed by atoms with E-state index >= 15 is 0 Å². The highest BCUT2D eigenvalue weighted by Gasteiger charge is 2.32. The maximum absolute atomic E-state index is 12.7. The molecule has 1 aromatic carbocycles. The van der Waals surface area contributed by atoms with E-state index in [1.54, 1.807) is 12.1 Å². The van der Waals surface area contributed by atoms with Crippen LogP contribution in [0.2, 0.25) is 5.02 Å². The Labute approximate surface area is 123 Å². The van der Waals surface area contributed by atoms with Crippen molar-refractivity contribution in [3.8, 4) is 0 Å². The van der Waals surface area contributed by atoms with Gasteiger partial charge in [0.25, 0.3) is 0 Å². The zero-order valence-electron chi connectivity index (χ0n) is 10.1. The molecular formula is C13H10ClF3N2S. The first-order valence-electron chi connectivity index (χ1n) is 5.60. The van der Waals surface area contributed by atoms with Gasteiger partial charge in [-0.3, -0.25) is 0 Å². The van der Waals surface area contributed by atoms with Gasteiger partial charge in [0.15, 0.2) is 0 Å². The minimum absolute atomic E-state index is 0.0662. The van der Waals surface area contributed by atoms with Crippen molar-refractivity contribution in [2.24, 2.45) is 5.73 Å². The molecule has 106 valence electrons. The first-order valence-corrected chi connectivity index (χ1v) is 6.79. The molecule has 2 aromatic rings. The summed E-state index contributed by atoms with van der Waals surface area (Å²) in [6.45, 7) is -0.169. The van der Waals surface area contributed by atoms with Crippen molar-refractivity contribution < 1.29 is 13.2 Å². The van der Waals surface area contributed by atoms with Gasteiger partial charge in [-0.1, -0.05) is 23.4 Å². The molecule has 1 heterocycles. The van der Waals surface area contributed by atoms with E-state index in [4.69, 9.17) is 17.3 Å². The van der Waals surface area contributed by atoms with Crippen LogP contribution in [0, 0.1) is 0 Å². The van der Waals surface area contributed by atoms with Gasteiger partial charge >= 0.3 is 6.18 Å². The average molecular weight is 319 g/mol. The van der Waals surface area contributed by atoms with E-state index in [1.807, 2.05) is 0 Å². The molecule has 20 heavy (non-hydrogen) atoms. The van der Waals surface area contributed by atoms with Gasteiger partial charge in [0, 0.05) is 17.6 Å². The third kappa shape index (κ3) is 3.65. The van der Waals surface area contributed by atoms with Gasteiger partial charge < -0.3 is 5.73 Å². The van der Waals surface area contributed by atoms with Crippen LogP contribution in [-0.2, 0) is 12.7 Å². The maximum atomic E-state index is 12.7. The summed E-state index contributed by atoms with van der Waals surface area (Å²) in [5.74, 6) is 0. The normalized spacial score (nSPS) is 11.7. The maximum Gasteiger partial charge on any atom is 0.416 e. The number of nitrogens with two attached hydrogens (primary N) is 1. The first-order chi connectivity index (χ1) is 9.40. The molecule has 0 amide bonds. The van der Waals surface area contributed by atoms with Gasteiger partial charge in [-0.25, -0.2) is 4.98 Å². The lowest BCUT2D eigenvalue weighted by atomic mass is 10.1. The third-order valence-corrected chi connectivity index (χ3v) is 3.69. The van der Waals surface area contributed by atoms with Crippen molar-refractivity contribution in [3.63, 3.8) is 0 Å². The number of halogens is 4. The van der Waals surface area contributed by atoms with Crippen LogP contribution in [0.1, 0.15) is 11.1 Å². The van der Waals surface area contributed by atoms with E-state index in [-0.39, 0.29) is 12.1 Å². The van der Waals surface area contributed by atoms with Crippen molar-refractivity contribution in [2.75, 3.05) is 0 Å². The number of pyridine rings is 1. The molecule has 7 heteroatoms. The van der Waals surface area contributed by atoms with Crippen LogP contribution < -0.4 is 5.73 Å². The topological polar surface area (TPSA) is 38.9 Å². The van der Waals surface area contributed by atoms with Crippen LogP contribution in [0.25, 0.3) is 0 Å². The molecule has 0 radical (unpaired) electrons. The number of alkyl halides is 3. The molecule has 0 aliphatic carbocycles. The van der Waals surface area contributed by atoms with Gasteiger partial charge in [-0.15, -0.1) is 0 Å². The molecule has 2 nitrogen and oxygen atoms in total. The van der Waals surface area contributed by atoms with Gasteiger partial charge in [-0.05, 0) is 35.9 Å². The van der Waals surface area contributed by atoms with E-state index in [1.165, 1.54) is 30.1 Å². The van der Waals surface area contributed by atoms with E-state index < -0.39 is 11.7 Å². The molecule has 0 bridgehead atoms. The molecular weight excluding hydrogens is 309 g/mol. The number of rotatable bonds is 3. The minimum atomic E-state index is -4.39. The van der Waals surface area contributed by atoms with E-state index in [9.17, 15) is 13.2 Å². The van der Waals surface area contributed by atoms with Gasteiger partial charge in [0.1, 0.15) is 5.03 Å². The Kier molecular flexibility index (Phi) is 4.57. The lowest BCUT2D eigenvalue weighted by molar-refractivity contribution is -0.138. The Morgan fingerprint density at radius 2 is 1.95 bits per heavy atom. The molecule has 0 saturated heterocycles. The SMILES string of the molecule is NCc1cc(Sc2ccc(Cl)cn2)ccc1C(F)(F)F. The van der Waals surface area contributed by atoms with Crippen molar-refractivity contribution in [1.82, 2.24) is 4.98 Å². The second kappa shape index (κ2) is 6.03. The fourth-order valence-electron chi connectivity index (χ4n) is 1.62. The van der Waals surface area contributed by atoms with Gasteiger partial charge in [0.2, 0.25) is 0 Å². The van der Waals surface area contributed by atoms with Crippen LogP contribution in [0.5, 0.6) is 0 Å². The quantitative estimate of drug-likeness (QED) is 0.913. The number of nitrogens with zero attached hydrogens (tertiary/aromatic N) is 1. The number of benzene rings is 1. The molecule has 0 atom stereocenters. The predicted octanol–water partition coefficient (Wildman–Crippen LogP) is 4.36. The van der Waals surface area contributed by atoms with Gasteiger partial charge in [-0.2, -0.15) is 13.2 Å². The third-order valence-electron chi connectivity index (χ3n) is 2.52. The molecule has 2 rings (SSSR count). The van der Waals surface area contributed by atoms with Crippen molar-refractivity contribution in [2.45, 2.75) is 22.6 Å². The molecule has 0 spiro atoms. The van der Waals surface area contributed by atoms with Crippen LogP contribution in [0.3, 0.4) is 0 Å². The second-order valence-electron chi connectivity index (χ2n) is 3.94. The monoisotopic (exact) mass is 318 g/mol. The molecule has 1 aromatic heterocycles. The lowest BCUT2D eigenvalue weighted by Crippen LogP contribution is -2.11. The Morgan fingerprint density at radius 3 is 2.50 bits per heavy atom. The first kappa shape index (κ1) is 15.2. The zero-order valence-corrected chi connectivity index (χ0v) is 11.7. The second-order valence-corrected chi connectivity index (χ2v) is 5.47. The zero-order chi connectivity index (χ0) is 14.8. The average Bonchev–Trinajstić information content (AvgIpc) is 2.40. The molecule has 0 fully saturated rings. The molecule has 0 aliphatic rings. The highest BCUT2D eigenvalue weighted by Crippen LogP contribution is 2.35. The van der Waals surface area contributed by atoms with Crippen LogP contribution in [-0.4, -0.2) is 4.98 Å². The lowest BCUT2D eigenvalue weighted by Gasteiger charge is -2.12. The summed E-state index contributed by atoms with van der Waals surface area (Å²) in [6.07, 6.45) is -2.91. The Bertz CT molecular complexity index is 600. The van der Waals surface area contributed by atoms with E-state index in [2.05, 4.69) is 4.98 Å². The van der Waals surface area contributed by atoms with E-state index in [0.717, 1.165) is 6.07 Å². The predicted molar refractivity (Wildman–Crippen MR) is 72.7 cm³/mol. The molecule has 0 aliphatic heterocycles. The highest BCUT2D eigenvalue weighted by molar-refractivity contribution is 7.99. The number of aromatic nitrogens is 1. The summed E-state index contributed by atoms with van der Waals surface area (Å²) in [5, 5.41) is 1.15. The smallest absolute Gasteiger partial charge is 0.326 e. The van der Waals surface area contributed by atoms with Crippen molar-refractivity contribution in [1.29, 1.82) is 0 Å². The van der Waals surface area contributed by atoms with E-state index in [0.29, 0.717) is 14.9 Å². The fourth-order valence-corrected chi connectivity index (χ4v) is 2.55. The minimum Gasteiger partial charge on any atom is -0.326 e. The number of hydrogen-bond acceptors (Lipinski definition) is 3. The molecule has 2 N–H and O–H groups in total. The summed E-state index contributed by atoms with van der Waals surface area (Å²) in [4.78, 5) is 4.72. The summed E-state index contributed by atoms with van der Waals surface area (Å²) in [7, 11) is 0. The largest absolute Gasteiger partial charge is 0.416 e. The summed E-state index contributed by atoms with van der Waals surface area (Å²) >= 11 is 6.97. The van der Waals surface area contributed by atoms with Gasteiger partial charge in [0.05, 0.1) is 10.6 Å². The Morgan fingerprint density at radius 1 is 1.20 bits per heavy atom.